The number of fused-ring (bicyclic) bond motifs is 1. The van der Waals surface area contributed by atoms with E-state index >= 15 is 0 Å². The number of hydrogen-bond acceptors (Lipinski definition) is 3. The molecule has 0 spiro atoms. The summed E-state index contributed by atoms with van der Waals surface area (Å²) in [6.07, 6.45) is 0.992. The highest BCUT2D eigenvalue weighted by atomic mass is 16.5. The van der Waals surface area contributed by atoms with Crippen LogP contribution in [0.4, 0.5) is 4.79 Å². The van der Waals surface area contributed by atoms with Gasteiger partial charge in [0.25, 0.3) is 0 Å². The Bertz CT molecular complexity index is 485. The van der Waals surface area contributed by atoms with E-state index < -0.39 is 0 Å². The van der Waals surface area contributed by atoms with Gasteiger partial charge in [-0.25, -0.2) is 4.79 Å². The van der Waals surface area contributed by atoms with E-state index in [1.165, 1.54) is 19.1 Å². The van der Waals surface area contributed by atoms with Crippen LogP contribution in [0.2, 0.25) is 0 Å². The first kappa shape index (κ1) is 12.3. The average Bonchev–Trinajstić information content (AvgIpc) is 3.18. The standard InChI is InChI=1S/C15H19NO3/c1-9-12-8-13(12)14(16(9)15(17)19-3)10-4-6-11(18-2)7-5-10/h4-7,9,12-14H,8H2,1-3H3/t9-,12+,13+,14-/m1/s1. The van der Waals surface area contributed by atoms with Crippen LogP contribution < -0.4 is 4.74 Å². The second-order valence-corrected chi connectivity index (χ2v) is 5.40. The molecule has 1 aliphatic heterocycles. The van der Waals surface area contributed by atoms with Crippen molar-refractivity contribution in [3.05, 3.63) is 29.8 Å². The lowest BCUT2D eigenvalue weighted by atomic mass is 10.0. The Balaban J connectivity index is 1.90. The molecule has 4 heteroatoms. The molecule has 0 aromatic heterocycles. The molecule has 4 nitrogen and oxygen atoms in total. The molecule has 4 atom stereocenters. The van der Waals surface area contributed by atoms with Gasteiger partial charge in [0.2, 0.25) is 0 Å². The van der Waals surface area contributed by atoms with Gasteiger partial charge < -0.3 is 9.47 Å². The van der Waals surface area contributed by atoms with Crippen LogP contribution in [0.5, 0.6) is 5.75 Å². The third kappa shape index (κ3) is 1.86. The van der Waals surface area contributed by atoms with E-state index in [1.54, 1.807) is 7.11 Å². The molecular weight excluding hydrogens is 242 g/mol. The minimum atomic E-state index is -0.222. The molecule has 0 N–H and O–H groups in total. The molecule has 0 unspecified atom stereocenters. The second kappa shape index (κ2) is 4.44. The van der Waals surface area contributed by atoms with Crippen LogP contribution in [0.1, 0.15) is 24.9 Å². The van der Waals surface area contributed by atoms with E-state index in [0.717, 1.165) is 5.75 Å². The molecule has 2 fully saturated rings. The number of carbonyl (C=O) groups is 1. The smallest absolute Gasteiger partial charge is 0.410 e. The number of carbonyl (C=O) groups excluding carboxylic acids is 1. The summed E-state index contributed by atoms with van der Waals surface area (Å²) < 4.78 is 10.1. The quantitative estimate of drug-likeness (QED) is 0.821. The number of benzene rings is 1. The van der Waals surface area contributed by atoms with Crippen molar-refractivity contribution in [1.82, 2.24) is 4.90 Å². The minimum Gasteiger partial charge on any atom is -0.497 e. The van der Waals surface area contributed by atoms with Gasteiger partial charge >= 0.3 is 6.09 Å². The molecule has 1 amide bonds. The van der Waals surface area contributed by atoms with Crippen molar-refractivity contribution >= 4 is 6.09 Å². The number of rotatable bonds is 2. The maximum Gasteiger partial charge on any atom is 0.410 e. The van der Waals surface area contributed by atoms with Crippen molar-refractivity contribution in [3.63, 3.8) is 0 Å². The Labute approximate surface area is 113 Å². The zero-order valence-electron chi connectivity index (χ0n) is 11.5. The average molecular weight is 261 g/mol. The molecule has 3 rings (SSSR count). The van der Waals surface area contributed by atoms with Crippen molar-refractivity contribution in [2.75, 3.05) is 14.2 Å². The molecule has 1 heterocycles. The van der Waals surface area contributed by atoms with Crippen molar-refractivity contribution in [3.8, 4) is 5.75 Å². The number of methoxy groups -OCH3 is 2. The lowest BCUT2D eigenvalue weighted by Crippen LogP contribution is -2.38. The van der Waals surface area contributed by atoms with Gasteiger partial charge in [0.15, 0.2) is 0 Å². The van der Waals surface area contributed by atoms with Gasteiger partial charge in [-0.1, -0.05) is 12.1 Å². The highest BCUT2D eigenvalue weighted by Gasteiger charge is 2.59. The van der Waals surface area contributed by atoms with Gasteiger partial charge in [0.05, 0.1) is 20.3 Å². The molecule has 2 aliphatic rings. The summed E-state index contributed by atoms with van der Waals surface area (Å²) in [6, 6.07) is 8.42. The van der Waals surface area contributed by atoms with Gasteiger partial charge in [-0.05, 0) is 42.9 Å². The van der Waals surface area contributed by atoms with Crippen molar-refractivity contribution in [2.45, 2.75) is 25.4 Å². The molecule has 0 bridgehead atoms. The largest absolute Gasteiger partial charge is 0.497 e. The molecule has 0 radical (unpaired) electrons. The number of ether oxygens (including phenoxy) is 2. The number of hydrogen-bond donors (Lipinski definition) is 0. The first-order valence-corrected chi connectivity index (χ1v) is 6.67. The summed E-state index contributed by atoms with van der Waals surface area (Å²) >= 11 is 0. The Morgan fingerprint density at radius 1 is 1.21 bits per heavy atom. The molecule has 19 heavy (non-hydrogen) atoms. The Morgan fingerprint density at radius 2 is 1.89 bits per heavy atom. The summed E-state index contributed by atoms with van der Waals surface area (Å²) in [5.74, 6) is 2.06. The van der Waals surface area contributed by atoms with E-state index in [0.29, 0.717) is 11.8 Å². The van der Waals surface area contributed by atoms with Gasteiger partial charge in [0, 0.05) is 6.04 Å². The van der Waals surface area contributed by atoms with Gasteiger partial charge in [-0.15, -0.1) is 0 Å². The highest BCUT2D eigenvalue weighted by Crippen LogP contribution is 2.59. The maximum atomic E-state index is 12.0. The fourth-order valence-electron chi connectivity index (χ4n) is 3.41. The summed E-state index contributed by atoms with van der Waals surface area (Å²) in [7, 11) is 3.11. The Morgan fingerprint density at radius 3 is 2.47 bits per heavy atom. The van der Waals surface area contributed by atoms with Crippen LogP contribution in [0, 0.1) is 11.8 Å². The highest BCUT2D eigenvalue weighted by molar-refractivity contribution is 5.70. The molecule has 1 aromatic carbocycles. The van der Waals surface area contributed by atoms with E-state index in [2.05, 4.69) is 6.92 Å². The lowest BCUT2D eigenvalue weighted by molar-refractivity contribution is 0.0948. The number of piperidine rings is 1. The summed E-state index contributed by atoms with van der Waals surface area (Å²) in [6.45, 7) is 2.12. The lowest BCUT2D eigenvalue weighted by Gasteiger charge is -2.30. The number of amides is 1. The van der Waals surface area contributed by atoms with Crippen molar-refractivity contribution in [2.24, 2.45) is 11.8 Å². The van der Waals surface area contributed by atoms with E-state index in [1.807, 2.05) is 29.2 Å². The molecule has 102 valence electrons. The topological polar surface area (TPSA) is 38.8 Å². The monoisotopic (exact) mass is 261 g/mol. The summed E-state index contributed by atoms with van der Waals surface area (Å²) in [5, 5.41) is 0. The fraction of sp³-hybridized carbons (Fsp3) is 0.533. The zero-order valence-corrected chi connectivity index (χ0v) is 11.5. The van der Waals surface area contributed by atoms with E-state index in [-0.39, 0.29) is 18.2 Å². The van der Waals surface area contributed by atoms with Gasteiger partial charge in [-0.3, -0.25) is 4.90 Å². The fourth-order valence-corrected chi connectivity index (χ4v) is 3.41. The Hall–Kier alpha value is -1.71. The van der Waals surface area contributed by atoms with Crippen molar-refractivity contribution in [1.29, 1.82) is 0 Å². The molecular formula is C15H19NO3. The van der Waals surface area contributed by atoms with Crippen LogP contribution in [-0.2, 0) is 4.74 Å². The normalized spacial score (nSPS) is 31.8. The first-order valence-electron chi connectivity index (χ1n) is 6.67. The van der Waals surface area contributed by atoms with Gasteiger partial charge in [0.1, 0.15) is 5.75 Å². The molecule has 1 aromatic rings. The maximum absolute atomic E-state index is 12.0. The first-order chi connectivity index (χ1) is 9.17. The number of likely N-dealkylation sites (tertiary alicyclic amines) is 1. The number of nitrogens with zero attached hydrogens (tertiary/aromatic N) is 1. The van der Waals surface area contributed by atoms with Gasteiger partial charge in [-0.2, -0.15) is 0 Å². The Kier molecular flexibility index (Phi) is 2.88. The van der Waals surface area contributed by atoms with Crippen molar-refractivity contribution < 1.29 is 14.3 Å². The van der Waals surface area contributed by atoms with Crippen LogP contribution in [0.15, 0.2) is 24.3 Å². The van der Waals surface area contributed by atoms with E-state index in [9.17, 15) is 4.79 Å². The molecule has 1 saturated heterocycles. The van der Waals surface area contributed by atoms with Crippen LogP contribution in [0.3, 0.4) is 0 Å². The van der Waals surface area contributed by atoms with E-state index in [4.69, 9.17) is 9.47 Å². The minimum absolute atomic E-state index is 0.151. The third-order valence-electron chi connectivity index (χ3n) is 4.50. The van der Waals surface area contributed by atoms with Crippen LogP contribution >= 0.6 is 0 Å². The third-order valence-corrected chi connectivity index (χ3v) is 4.50. The van der Waals surface area contributed by atoms with Crippen LogP contribution in [0.25, 0.3) is 0 Å². The molecule has 1 saturated carbocycles. The SMILES string of the molecule is COC(=O)N1[C@H](C)[C@@H]2C[C@@H]2[C@H]1c1ccc(OC)cc1. The predicted molar refractivity (Wildman–Crippen MR) is 71.0 cm³/mol. The zero-order chi connectivity index (χ0) is 13.6. The van der Waals surface area contributed by atoms with Crippen LogP contribution in [-0.4, -0.2) is 31.3 Å². The summed E-state index contributed by atoms with van der Waals surface area (Å²) in [5.41, 5.74) is 1.17. The predicted octanol–water partition coefficient (Wildman–Crippen LogP) is 2.84. The second-order valence-electron chi connectivity index (χ2n) is 5.40. The molecule has 1 aliphatic carbocycles. The summed E-state index contributed by atoms with van der Waals surface area (Å²) in [4.78, 5) is 13.9.